The maximum atomic E-state index is 12.5. The van der Waals surface area contributed by atoms with Gasteiger partial charge in [-0.1, -0.05) is 30.3 Å². The smallest absolute Gasteiger partial charge is 0.343 e. The van der Waals surface area contributed by atoms with Gasteiger partial charge in [0.15, 0.2) is 0 Å². The second kappa shape index (κ2) is 7.70. The van der Waals surface area contributed by atoms with E-state index in [2.05, 4.69) is 13.0 Å². The van der Waals surface area contributed by atoms with Crippen LogP contribution >= 0.6 is 0 Å². The fraction of sp³-hybridized carbons (Fsp3) is 0.423. The molecule has 0 spiro atoms. The third-order valence-electron chi connectivity index (χ3n) is 6.88. The molecule has 0 saturated heterocycles. The Kier molecular flexibility index (Phi) is 4.91. The molecule has 0 atom stereocenters. The van der Waals surface area contributed by atoms with E-state index in [1.807, 2.05) is 36.4 Å². The Hall–Kier alpha value is -2.55. The van der Waals surface area contributed by atoms with E-state index in [0.717, 1.165) is 23.2 Å². The molecule has 4 bridgehead atoms. The fourth-order valence-corrected chi connectivity index (χ4v) is 5.98. The third-order valence-corrected chi connectivity index (χ3v) is 6.88. The van der Waals surface area contributed by atoms with Crippen LogP contribution in [-0.4, -0.2) is 12.6 Å². The largest absolute Gasteiger partial charge is 0.493 e. The third kappa shape index (κ3) is 3.59. The van der Waals surface area contributed by atoms with Gasteiger partial charge in [-0.15, -0.1) is 0 Å². The van der Waals surface area contributed by atoms with Crippen molar-refractivity contribution in [3.05, 3.63) is 71.3 Å². The highest BCUT2D eigenvalue weighted by atomic mass is 16.5. The van der Waals surface area contributed by atoms with E-state index in [9.17, 15) is 4.79 Å². The van der Waals surface area contributed by atoms with E-state index in [1.165, 1.54) is 37.7 Å². The normalized spacial score (nSPS) is 27.0. The van der Waals surface area contributed by atoms with Gasteiger partial charge in [-0.2, -0.15) is 0 Å². The van der Waals surface area contributed by atoms with Crippen LogP contribution < -0.4 is 4.74 Å². The van der Waals surface area contributed by atoms with Gasteiger partial charge in [0, 0.05) is 5.56 Å². The number of carbonyl (C=O) groups excluding carboxylic acids is 1. The zero-order valence-corrected chi connectivity index (χ0v) is 17.0. The second-order valence-corrected chi connectivity index (χ2v) is 8.81. The molecule has 4 aliphatic carbocycles. The highest BCUT2D eigenvalue weighted by molar-refractivity contribution is 5.91. The summed E-state index contributed by atoms with van der Waals surface area (Å²) in [7, 11) is 0. The molecule has 0 aromatic heterocycles. The first-order valence-corrected chi connectivity index (χ1v) is 11.0. The maximum absolute atomic E-state index is 12.5. The molecule has 6 rings (SSSR count). The van der Waals surface area contributed by atoms with E-state index in [0.29, 0.717) is 29.8 Å². The minimum atomic E-state index is -0.331. The van der Waals surface area contributed by atoms with Crippen molar-refractivity contribution in [3.8, 4) is 5.75 Å². The number of allylic oxidation sites excluding steroid dienone is 1. The summed E-state index contributed by atoms with van der Waals surface area (Å²) in [6.45, 7) is 2.70. The molecule has 4 saturated carbocycles. The molecule has 0 aliphatic heterocycles. The summed E-state index contributed by atoms with van der Waals surface area (Å²) in [4.78, 5) is 12.5. The van der Waals surface area contributed by atoms with Crippen molar-refractivity contribution in [1.82, 2.24) is 0 Å². The number of hydrogen-bond acceptors (Lipinski definition) is 3. The first-order valence-electron chi connectivity index (χ1n) is 11.0. The van der Waals surface area contributed by atoms with E-state index in [1.54, 1.807) is 12.1 Å². The summed E-state index contributed by atoms with van der Waals surface area (Å²) in [6, 6.07) is 17.0. The molecule has 2 aromatic rings. The van der Waals surface area contributed by atoms with Gasteiger partial charge in [0.25, 0.3) is 0 Å². The predicted molar refractivity (Wildman–Crippen MR) is 113 cm³/mol. The van der Waals surface area contributed by atoms with Crippen molar-refractivity contribution >= 4 is 11.7 Å². The lowest BCUT2D eigenvalue weighted by atomic mass is 9.54. The molecule has 29 heavy (non-hydrogen) atoms. The molecule has 150 valence electrons. The summed E-state index contributed by atoms with van der Waals surface area (Å²) in [6.07, 6.45) is 6.72. The molecule has 0 amide bonds. The molecule has 0 unspecified atom stereocenters. The van der Waals surface area contributed by atoms with Crippen molar-refractivity contribution in [2.24, 2.45) is 23.7 Å². The topological polar surface area (TPSA) is 35.5 Å². The average Bonchev–Trinajstić information content (AvgIpc) is 2.73. The monoisotopic (exact) mass is 388 g/mol. The Labute approximate surface area is 172 Å². The van der Waals surface area contributed by atoms with Crippen molar-refractivity contribution in [3.63, 3.8) is 0 Å². The minimum absolute atomic E-state index is 0.331. The quantitative estimate of drug-likeness (QED) is 0.352. The van der Waals surface area contributed by atoms with Crippen LogP contribution in [0, 0.1) is 23.7 Å². The number of hydrogen-bond donors (Lipinski definition) is 0. The van der Waals surface area contributed by atoms with Gasteiger partial charge in [-0.05, 0) is 92.5 Å². The number of benzene rings is 2. The van der Waals surface area contributed by atoms with Crippen LogP contribution in [0.4, 0.5) is 0 Å². The molecule has 0 radical (unpaired) electrons. The Balaban J connectivity index is 1.46. The molecular formula is C26H28O3. The first kappa shape index (κ1) is 18.5. The Morgan fingerprint density at radius 1 is 0.862 bits per heavy atom. The highest BCUT2D eigenvalue weighted by Crippen LogP contribution is 2.58. The molecule has 4 fully saturated rings. The standard InChI is InChI=1S/C26H28O3/c1-2-28-25(24-21-12-17-11-18(14-21)15-22(24)13-17)20-9-6-10-23(16-20)29-26(27)19-7-4-3-5-8-19/h3-10,16-18,21-22H,2,11-15H2,1H3. The Morgan fingerprint density at radius 2 is 1.52 bits per heavy atom. The lowest BCUT2D eigenvalue weighted by Gasteiger charge is -2.51. The van der Waals surface area contributed by atoms with Crippen molar-refractivity contribution in [2.75, 3.05) is 6.61 Å². The second-order valence-electron chi connectivity index (χ2n) is 8.81. The first-order chi connectivity index (χ1) is 14.2. The van der Waals surface area contributed by atoms with Crippen LogP contribution in [0.1, 0.15) is 54.9 Å². The Morgan fingerprint density at radius 3 is 2.17 bits per heavy atom. The molecule has 4 aliphatic rings. The molecular weight excluding hydrogens is 360 g/mol. The van der Waals surface area contributed by atoms with Crippen molar-refractivity contribution in [1.29, 1.82) is 0 Å². The van der Waals surface area contributed by atoms with E-state index >= 15 is 0 Å². The molecule has 0 heterocycles. The minimum Gasteiger partial charge on any atom is -0.493 e. The van der Waals surface area contributed by atoms with Gasteiger partial charge in [0.1, 0.15) is 11.5 Å². The van der Waals surface area contributed by atoms with E-state index in [4.69, 9.17) is 9.47 Å². The molecule has 3 nitrogen and oxygen atoms in total. The molecule has 0 N–H and O–H groups in total. The van der Waals surface area contributed by atoms with Gasteiger partial charge in [0.05, 0.1) is 12.2 Å². The number of ether oxygens (including phenoxy) is 2. The average molecular weight is 389 g/mol. The summed E-state index contributed by atoms with van der Waals surface area (Å²) in [5.41, 5.74) is 3.13. The predicted octanol–water partition coefficient (Wildman–Crippen LogP) is 6.11. The van der Waals surface area contributed by atoms with Gasteiger partial charge >= 0.3 is 5.97 Å². The van der Waals surface area contributed by atoms with Crippen LogP contribution in [0.5, 0.6) is 5.75 Å². The van der Waals surface area contributed by atoms with Crippen molar-refractivity contribution in [2.45, 2.75) is 39.0 Å². The number of carbonyl (C=O) groups is 1. The van der Waals surface area contributed by atoms with Crippen LogP contribution in [0.15, 0.2) is 60.2 Å². The SMILES string of the molecule is CCOC(=C1C2CC3CC(C2)CC1C3)c1cccc(OC(=O)c2ccccc2)c1. The fourth-order valence-electron chi connectivity index (χ4n) is 5.98. The van der Waals surface area contributed by atoms with Gasteiger partial charge in [-0.3, -0.25) is 0 Å². The molecule has 3 heteroatoms. The van der Waals surface area contributed by atoms with Gasteiger partial charge in [-0.25, -0.2) is 4.79 Å². The van der Waals surface area contributed by atoms with Crippen molar-refractivity contribution < 1.29 is 14.3 Å². The Bertz CT molecular complexity index is 898. The van der Waals surface area contributed by atoms with Gasteiger partial charge < -0.3 is 9.47 Å². The number of esters is 1. The highest BCUT2D eigenvalue weighted by Gasteiger charge is 2.46. The maximum Gasteiger partial charge on any atom is 0.343 e. The molecule has 2 aromatic carbocycles. The summed E-state index contributed by atoms with van der Waals surface area (Å²) >= 11 is 0. The van der Waals surface area contributed by atoms with Crippen LogP contribution in [-0.2, 0) is 4.74 Å². The zero-order chi connectivity index (χ0) is 19.8. The summed E-state index contributed by atoms with van der Waals surface area (Å²) in [5, 5.41) is 0. The van der Waals surface area contributed by atoms with Crippen LogP contribution in [0.25, 0.3) is 5.76 Å². The van der Waals surface area contributed by atoms with E-state index in [-0.39, 0.29) is 5.97 Å². The summed E-state index contributed by atoms with van der Waals surface area (Å²) in [5.74, 6) is 4.45. The van der Waals surface area contributed by atoms with Crippen LogP contribution in [0.3, 0.4) is 0 Å². The van der Waals surface area contributed by atoms with Gasteiger partial charge in [0.2, 0.25) is 0 Å². The zero-order valence-electron chi connectivity index (χ0n) is 17.0. The summed E-state index contributed by atoms with van der Waals surface area (Å²) < 4.78 is 11.9. The number of rotatable bonds is 5. The van der Waals surface area contributed by atoms with Crippen LogP contribution in [0.2, 0.25) is 0 Å². The lowest BCUT2D eigenvalue weighted by molar-refractivity contribution is 0.0667. The van der Waals surface area contributed by atoms with E-state index < -0.39 is 0 Å². The lowest BCUT2D eigenvalue weighted by Crippen LogP contribution is -2.41.